The van der Waals surface area contributed by atoms with Gasteiger partial charge in [-0.25, -0.2) is 4.79 Å². The maximum atomic E-state index is 11.0. The van der Waals surface area contributed by atoms with E-state index in [2.05, 4.69) is 5.92 Å². The average molecular weight is 248 g/mol. The lowest BCUT2D eigenvalue weighted by Crippen LogP contribution is -2.21. The molecule has 96 valence electrons. The molecular weight excluding hydrogens is 232 g/mol. The van der Waals surface area contributed by atoms with Gasteiger partial charge < -0.3 is 14.6 Å². The third kappa shape index (κ3) is 3.51. The summed E-state index contributed by atoms with van der Waals surface area (Å²) in [5.41, 5.74) is 0.164. The summed E-state index contributed by atoms with van der Waals surface area (Å²) in [5.74, 6) is 1.79. The van der Waals surface area contributed by atoms with Crippen molar-refractivity contribution < 1.29 is 19.4 Å². The van der Waals surface area contributed by atoms with Crippen LogP contribution >= 0.6 is 0 Å². The minimum absolute atomic E-state index is 0.108. The van der Waals surface area contributed by atoms with Crippen molar-refractivity contribution in [3.8, 4) is 18.1 Å². The van der Waals surface area contributed by atoms with Crippen LogP contribution in [0.25, 0.3) is 0 Å². The van der Waals surface area contributed by atoms with Crippen molar-refractivity contribution in [3.05, 3.63) is 29.3 Å². The van der Waals surface area contributed by atoms with Gasteiger partial charge in [-0.05, 0) is 31.5 Å². The number of carboxylic acids is 1. The molecule has 0 aliphatic carbocycles. The molecule has 1 N–H and O–H groups in total. The molecule has 0 radical (unpaired) electrons. The molecule has 0 fully saturated rings. The van der Waals surface area contributed by atoms with E-state index in [0.29, 0.717) is 5.75 Å². The van der Waals surface area contributed by atoms with Crippen molar-refractivity contribution in [2.24, 2.45) is 0 Å². The predicted octanol–water partition coefficient (Wildman–Crippen LogP) is 2.32. The van der Waals surface area contributed by atoms with Crippen LogP contribution in [0.5, 0.6) is 5.75 Å². The van der Waals surface area contributed by atoms with Gasteiger partial charge >= 0.3 is 5.97 Å². The Hall–Kier alpha value is -1.99. The lowest BCUT2D eigenvalue weighted by Gasteiger charge is -2.18. The first-order chi connectivity index (χ1) is 8.39. The fourth-order valence-corrected chi connectivity index (χ4v) is 1.32. The van der Waals surface area contributed by atoms with Crippen molar-refractivity contribution in [2.75, 3.05) is 7.11 Å². The first kappa shape index (κ1) is 14.1. The molecule has 0 saturated heterocycles. The molecule has 1 aromatic rings. The van der Waals surface area contributed by atoms with E-state index in [4.69, 9.17) is 21.0 Å². The highest BCUT2D eigenvalue weighted by Gasteiger charge is 2.16. The Kier molecular flexibility index (Phi) is 4.35. The van der Waals surface area contributed by atoms with Crippen molar-refractivity contribution in [1.29, 1.82) is 0 Å². The number of aromatic carboxylic acids is 1. The first-order valence-corrected chi connectivity index (χ1v) is 5.41. The van der Waals surface area contributed by atoms with E-state index in [0.717, 1.165) is 5.56 Å². The van der Waals surface area contributed by atoms with Gasteiger partial charge in [0.25, 0.3) is 0 Å². The summed E-state index contributed by atoms with van der Waals surface area (Å²) in [6.07, 6.45) is 5.31. The van der Waals surface area contributed by atoms with Crippen LogP contribution in [0.15, 0.2) is 18.2 Å². The molecule has 1 rings (SSSR count). The molecule has 4 nitrogen and oxygen atoms in total. The van der Waals surface area contributed by atoms with Crippen molar-refractivity contribution >= 4 is 5.97 Å². The van der Waals surface area contributed by atoms with E-state index < -0.39 is 11.6 Å². The highest BCUT2D eigenvalue weighted by molar-refractivity contribution is 5.91. The summed E-state index contributed by atoms with van der Waals surface area (Å²) in [6.45, 7) is 3.80. The third-order valence-corrected chi connectivity index (χ3v) is 2.44. The predicted molar refractivity (Wildman–Crippen MR) is 67.7 cm³/mol. The van der Waals surface area contributed by atoms with Crippen LogP contribution in [-0.2, 0) is 11.3 Å². The van der Waals surface area contributed by atoms with Crippen molar-refractivity contribution in [3.63, 3.8) is 0 Å². The Morgan fingerprint density at radius 1 is 1.50 bits per heavy atom. The molecule has 0 aliphatic rings. The van der Waals surface area contributed by atoms with Crippen LogP contribution in [0.1, 0.15) is 29.8 Å². The van der Waals surface area contributed by atoms with Gasteiger partial charge in [-0.2, -0.15) is 0 Å². The number of ether oxygens (including phenoxy) is 2. The topological polar surface area (TPSA) is 55.8 Å². The molecule has 1 aromatic carbocycles. The summed E-state index contributed by atoms with van der Waals surface area (Å²) in [5, 5.41) is 9.04. The highest BCUT2D eigenvalue weighted by Crippen LogP contribution is 2.21. The van der Waals surface area contributed by atoms with Crippen LogP contribution in [0, 0.1) is 12.3 Å². The fourth-order valence-electron chi connectivity index (χ4n) is 1.32. The van der Waals surface area contributed by atoms with E-state index in [1.54, 1.807) is 26.0 Å². The Morgan fingerprint density at radius 2 is 2.17 bits per heavy atom. The van der Waals surface area contributed by atoms with E-state index in [1.165, 1.54) is 13.2 Å². The van der Waals surface area contributed by atoms with Gasteiger partial charge in [-0.3, -0.25) is 0 Å². The van der Waals surface area contributed by atoms with Crippen LogP contribution in [0.2, 0.25) is 0 Å². The number of methoxy groups -OCH3 is 1. The van der Waals surface area contributed by atoms with Gasteiger partial charge in [-0.1, -0.05) is 12.0 Å². The third-order valence-electron chi connectivity index (χ3n) is 2.44. The molecule has 0 atom stereocenters. The normalized spacial score (nSPS) is 10.8. The summed E-state index contributed by atoms with van der Waals surface area (Å²) < 4.78 is 10.5. The van der Waals surface area contributed by atoms with Gasteiger partial charge in [0.2, 0.25) is 0 Å². The Balaban J connectivity index is 2.90. The minimum Gasteiger partial charge on any atom is -0.496 e. The fraction of sp³-hybridized carbons (Fsp3) is 0.357. The van der Waals surface area contributed by atoms with Gasteiger partial charge in [0.15, 0.2) is 0 Å². The quantitative estimate of drug-likeness (QED) is 0.812. The average Bonchev–Trinajstić information content (AvgIpc) is 2.36. The molecule has 0 bridgehead atoms. The highest BCUT2D eigenvalue weighted by atomic mass is 16.5. The van der Waals surface area contributed by atoms with Gasteiger partial charge in [0.1, 0.15) is 16.9 Å². The van der Waals surface area contributed by atoms with Crippen LogP contribution in [0.3, 0.4) is 0 Å². The number of rotatable bonds is 5. The number of carboxylic acid groups (broad SMARTS) is 1. The van der Waals surface area contributed by atoms with Gasteiger partial charge in [0.05, 0.1) is 13.7 Å². The summed E-state index contributed by atoms with van der Waals surface area (Å²) in [4.78, 5) is 11.0. The smallest absolute Gasteiger partial charge is 0.339 e. The largest absolute Gasteiger partial charge is 0.496 e. The monoisotopic (exact) mass is 248 g/mol. The number of benzene rings is 1. The SMILES string of the molecule is C#CC(C)(C)OCc1ccc(OC)c(C(=O)O)c1. The Morgan fingerprint density at radius 3 is 2.67 bits per heavy atom. The molecule has 0 unspecified atom stereocenters. The van der Waals surface area contributed by atoms with E-state index in [-0.39, 0.29) is 12.2 Å². The Labute approximate surface area is 107 Å². The second-order valence-electron chi connectivity index (χ2n) is 4.28. The molecule has 0 aliphatic heterocycles. The summed E-state index contributed by atoms with van der Waals surface area (Å²) >= 11 is 0. The number of terminal acetylenes is 1. The molecule has 18 heavy (non-hydrogen) atoms. The summed E-state index contributed by atoms with van der Waals surface area (Å²) in [7, 11) is 1.43. The first-order valence-electron chi connectivity index (χ1n) is 5.41. The maximum absolute atomic E-state index is 11.0. The van der Waals surface area contributed by atoms with E-state index in [1.807, 2.05) is 0 Å². The second-order valence-corrected chi connectivity index (χ2v) is 4.28. The standard InChI is InChI=1S/C14H16O4/c1-5-14(2,3)18-9-10-6-7-12(17-4)11(8-10)13(15)16/h1,6-8H,9H2,2-4H3,(H,15,16). The van der Waals surface area contributed by atoms with Crippen LogP contribution in [0.4, 0.5) is 0 Å². The number of hydrogen-bond donors (Lipinski definition) is 1. The molecule has 0 amide bonds. The molecule has 0 spiro atoms. The van der Waals surface area contributed by atoms with Gasteiger partial charge in [-0.15, -0.1) is 6.42 Å². The van der Waals surface area contributed by atoms with Crippen LogP contribution < -0.4 is 4.74 Å². The maximum Gasteiger partial charge on any atom is 0.339 e. The zero-order valence-corrected chi connectivity index (χ0v) is 10.7. The lowest BCUT2D eigenvalue weighted by atomic mass is 10.1. The van der Waals surface area contributed by atoms with Gasteiger partial charge in [0, 0.05) is 0 Å². The number of carbonyl (C=O) groups is 1. The second kappa shape index (κ2) is 5.56. The van der Waals surface area contributed by atoms with Crippen molar-refractivity contribution in [1.82, 2.24) is 0 Å². The van der Waals surface area contributed by atoms with Crippen molar-refractivity contribution in [2.45, 2.75) is 26.1 Å². The van der Waals surface area contributed by atoms with E-state index in [9.17, 15) is 4.79 Å². The summed E-state index contributed by atoms with van der Waals surface area (Å²) in [6, 6.07) is 4.87. The molecule has 4 heteroatoms. The van der Waals surface area contributed by atoms with Crippen LogP contribution in [-0.4, -0.2) is 23.8 Å². The van der Waals surface area contributed by atoms with E-state index >= 15 is 0 Å². The molecule has 0 heterocycles. The zero-order chi connectivity index (χ0) is 13.8. The Bertz CT molecular complexity index is 483. The molecule has 0 saturated carbocycles. The number of hydrogen-bond acceptors (Lipinski definition) is 3. The minimum atomic E-state index is -1.04. The zero-order valence-electron chi connectivity index (χ0n) is 10.7. The molecular formula is C14H16O4. The lowest BCUT2D eigenvalue weighted by molar-refractivity contribution is 0.0145. The molecule has 0 aromatic heterocycles.